The number of imidazole rings is 1. The molecule has 2 heterocycles. The number of carbonyl (C=O) groups is 1. The van der Waals surface area contributed by atoms with Gasteiger partial charge in [0.1, 0.15) is 5.82 Å². The number of anilines is 1. The quantitative estimate of drug-likeness (QED) is 0.659. The fraction of sp³-hybridized carbons (Fsp3) is 0.133. The minimum Gasteiger partial charge on any atom is -0.347 e. The summed E-state index contributed by atoms with van der Waals surface area (Å²) in [6.45, 7) is 2.34. The number of urea groups is 1. The Labute approximate surface area is 141 Å². The van der Waals surface area contributed by atoms with Crippen molar-refractivity contribution in [3.63, 3.8) is 0 Å². The SMILES string of the molecule is Cc1csc(Sc2ccc(NC(=O)NCc3ncc[nH]3)cc2)n1. The summed E-state index contributed by atoms with van der Waals surface area (Å²) in [5, 5.41) is 7.55. The zero-order valence-electron chi connectivity index (χ0n) is 12.4. The Bertz CT molecular complexity index is 768. The predicted molar refractivity (Wildman–Crippen MR) is 91.9 cm³/mol. The van der Waals surface area contributed by atoms with Gasteiger partial charge in [-0.15, -0.1) is 11.3 Å². The zero-order chi connectivity index (χ0) is 16.1. The van der Waals surface area contributed by atoms with Crippen LogP contribution in [-0.4, -0.2) is 21.0 Å². The number of nitrogens with one attached hydrogen (secondary N) is 3. The Morgan fingerprint density at radius 2 is 2.17 bits per heavy atom. The molecule has 118 valence electrons. The van der Waals surface area contributed by atoms with Gasteiger partial charge in [0.05, 0.1) is 6.54 Å². The van der Waals surface area contributed by atoms with Gasteiger partial charge in [-0.05, 0) is 31.2 Å². The van der Waals surface area contributed by atoms with Crippen molar-refractivity contribution in [3.8, 4) is 0 Å². The Kier molecular flexibility index (Phi) is 4.94. The smallest absolute Gasteiger partial charge is 0.319 e. The van der Waals surface area contributed by atoms with Crippen molar-refractivity contribution in [3.05, 3.63) is 53.6 Å². The first-order valence-electron chi connectivity index (χ1n) is 6.92. The maximum atomic E-state index is 11.8. The van der Waals surface area contributed by atoms with Crippen LogP contribution in [-0.2, 0) is 6.54 Å². The number of hydrogen-bond donors (Lipinski definition) is 3. The molecule has 0 fully saturated rings. The molecule has 0 unspecified atom stereocenters. The van der Waals surface area contributed by atoms with E-state index in [0.717, 1.165) is 20.6 Å². The maximum Gasteiger partial charge on any atom is 0.319 e. The number of benzene rings is 1. The first-order valence-corrected chi connectivity index (χ1v) is 8.62. The molecule has 0 aliphatic heterocycles. The number of thiazole rings is 1. The minimum absolute atomic E-state index is 0.266. The summed E-state index contributed by atoms with van der Waals surface area (Å²) in [6, 6.07) is 7.40. The summed E-state index contributed by atoms with van der Waals surface area (Å²) in [7, 11) is 0. The van der Waals surface area contributed by atoms with Crippen molar-refractivity contribution in [2.75, 3.05) is 5.32 Å². The molecule has 0 atom stereocenters. The van der Waals surface area contributed by atoms with Crippen molar-refractivity contribution >= 4 is 34.8 Å². The molecule has 2 aromatic heterocycles. The number of amides is 2. The van der Waals surface area contributed by atoms with Crippen LogP contribution in [0.5, 0.6) is 0 Å². The van der Waals surface area contributed by atoms with E-state index in [0.29, 0.717) is 12.4 Å². The van der Waals surface area contributed by atoms with Gasteiger partial charge in [0.2, 0.25) is 0 Å². The molecule has 0 spiro atoms. The molecule has 3 aromatic rings. The second-order valence-corrected chi connectivity index (χ2v) is 6.90. The lowest BCUT2D eigenvalue weighted by molar-refractivity contribution is 0.251. The van der Waals surface area contributed by atoms with Crippen LogP contribution in [0.3, 0.4) is 0 Å². The lowest BCUT2D eigenvalue weighted by Crippen LogP contribution is -2.28. The molecule has 0 saturated heterocycles. The third-order valence-corrected chi connectivity index (χ3v) is 4.95. The predicted octanol–water partition coefficient (Wildman–Crippen LogP) is 3.65. The van der Waals surface area contributed by atoms with E-state index in [1.807, 2.05) is 36.6 Å². The average Bonchev–Trinajstić information content (AvgIpc) is 3.19. The monoisotopic (exact) mass is 345 g/mol. The summed E-state index contributed by atoms with van der Waals surface area (Å²) in [5.41, 5.74) is 1.77. The number of aromatic amines is 1. The van der Waals surface area contributed by atoms with Crippen molar-refractivity contribution in [1.29, 1.82) is 0 Å². The highest BCUT2D eigenvalue weighted by atomic mass is 32.2. The number of aromatic nitrogens is 3. The van der Waals surface area contributed by atoms with Gasteiger partial charge in [-0.1, -0.05) is 11.8 Å². The van der Waals surface area contributed by atoms with E-state index in [1.165, 1.54) is 0 Å². The van der Waals surface area contributed by atoms with E-state index < -0.39 is 0 Å². The van der Waals surface area contributed by atoms with Crippen LogP contribution in [0.4, 0.5) is 10.5 Å². The fourth-order valence-electron chi connectivity index (χ4n) is 1.82. The second kappa shape index (κ2) is 7.30. The van der Waals surface area contributed by atoms with Gasteiger partial charge in [-0.3, -0.25) is 0 Å². The number of aryl methyl sites for hydroxylation is 1. The molecule has 0 aliphatic rings. The van der Waals surface area contributed by atoms with Crippen LogP contribution in [0.1, 0.15) is 11.5 Å². The van der Waals surface area contributed by atoms with E-state index >= 15 is 0 Å². The van der Waals surface area contributed by atoms with Gasteiger partial charge in [0.25, 0.3) is 0 Å². The van der Waals surface area contributed by atoms with Gasteiger partial charge in [0.15, 0.2) is 4.34 Å². The number of hydrogen-bond acceptors (Lipinski definition) is 5. The number of carbonyl (C=O) groups excluding carboxylic acids is 1. The van der Waals surface area contributed by atoms with Crippen LogP contribution in [0, 0.1) is 6.92 Å². The average molecular weight is 345 g/mol. The van der Waals surface area contributed by atoms with E-state index in [4.69, 9.17) is 0 Å². The highest BCUT2D eigenvalue weighted by Crippen LogP contribution is 2.30. The molecule has 3 N–H and O–H groups in total. The fourth-order valence-corrected chi connectivity index (χ4v) is 3.63. The molecule has 8 heteroatoms. The highest BCUT2D eigenvalue weighted by molar-refractivity contribution is 8.01. The summed E-state index contributed by atoms with van der Waals surface area (Å²) in [4.78, 5) is 24.3. The van der Waals surface area contributed by atoms with Crippen LogP contribution in [0.25, 0.3) is 0 Å². The third kappa shape index (κ3) is 4.57. The molecule has 3 rings (SSSR count). The number of rotatable bonds is 5. The summed E-state index contributed by atoms with van der Waals surface area (Å²) in [5.74, 6) is 0.714. The van der Waals surface area contributed by atoms with Gasteiger partial charge < -0.3 is 15.6 Å². The summed E-state index contributed by atoms with van der Waals surface area (Å²) < 4.78 is 1.01. The molecular weight excluding hydrogens is 330 g/mol. The molecular formula is C15H15N5OS2. The Balaban J connectivity index is 1.51. The molecule has 0 aliphatic carbocycles. The molecule has 1 aromatic carbocycles. The van der Waals surface area contributed by atoms with Crippen LogP contribution in [0.15, 0.2) is 51.3 Å². The maximum absolute atomic E-state index is 11.8. The molecule has 0 saturated carbocycles. The number of nitrogens with zero attached hydrogens (tertiary/aromatic N) is 2. The second-order valence-electron chi connectivity index (χ2n) is 4.72. The molecule has 0 bridgehead atoms. The van der Waals surface area contributed by atoms with E-state index in [1.54, 1.807) is 35.5 Å². The van der Waals surface area contributed by atoms with Gasteiger partial charge >= 0.3 is 6.03 Å². The van der Waals surface area contributed by atoms with Gasteiger partial charge in [0, 0.05) is 34.1 Å². The van der Waals surface area contributed by atoms with Crippen LogP contribution >= 0.6 is 23.1 Å². The largest absolute Gasteiger partial charge is 0.347 e. The number of H-pyrrole nitrogens is 1. The summed E-state index contributed by atoms with van der Waals surface area (Å²) >= 11 is 3.24. The molecule has 2 amide bonds. The molecule has 0 radical (unpaired) electrons. The molecule has 6 nitrogen and oxygen atoms in total. The van der Waals surface area contributed by atoms with Crippen LogP contribution in [0.2, 0.25) is 0 Å². The van der Waals surface area contributed by atoms with Crippen molar-refractivity contribution < 1.29 is 4.79 Å². The Morgan fingerprint density at radius 3 is 2.83 bits per heavy atom. The Morgan fingerprint density at radius 1 is 1.35 bits per heavy atom. The first kappa shape index (κ1) is 15.6. The Hall–Kier alpha value is -2.32. The van der Waals surface area contributed by atoms with E-state index in [2.05, 4.69) is 25.6 Å². The van der Waals surface area contributed by atoms with E-state index in [9.17, 15) is 4.79 Å². The topological polar surface area (TPSA) is 82.7 Å². The van der Waals surface area contributed by atoms with Crippen molar-refractivity contribution in [2.45, 2.75) is 22.7 Å². The van der Waals surface area contributed by atoms with Crippen molar-refractivity contribution in [2.24, 2.45) is 0 Å². The minimum atomic E-state index is -0.266. The zero-order valence-corrected chi connectivity index (χ0v) is 14.0. The summed E-state index contributed by atoms with van der Waals surface area (Å²) in [6.07, 6.45) is 3.37. The third-order valence-electron chi connectivity index (χ3n) is 2.89. The lowest BCUT2D eigenvalue weighted by Gasteiger charge is -2.07. The normalized spacial score (nSPS) is 10.5. The van der Waals surface area contributed by atoms with Crippen LogP contribution < -0.4 is 10.6 Å². The first-order chi connectivity index (χ1) is 11.2. The van der Waals surface area contributed by atoms with Crippen molar-refractivity contribution in [1.82, 2.24) is 20.3 Å². The standard InChI is InChI=1S/C15H15N5OS2/c1-10-9-22-15(19-10)23-12-4-2-11(3-5-12)20-14(21)18-8-13-16-6-7-17-13/h2-7,9H,8H2,1H3,(H,16,17)(H2,18,20,21). The lowest BCUT2D eigenvalue weighted by atomic mass is 10.3. The van der Waals surface area contributed by atoms with E-state index in [-0.39, 0.29) is 6.03 Å². The highest BCUT2D eigenvalue weighted by Gasteiger charge is 2.05. The van der Waals surface area contributed by atoms with Gasteiger partial charge in [-0.2, -0.15) is 0 Å². The van der Waals surface area contributed by atoms with Gasteiger partial charge in [-0.25, -0.2) is 14.8 Å². The molecule has 23 heavy (non-hydrogen) atoms.